The molecule has 0 bridgehead atoms. The second kappa shape index (κ2) is 4.45. The second-order valence-electron chi connectivity index (χ2n) is 4.80. The summed E-state index contributed by atoms with van der Waals surface area (Å²) in [6.45, 7) is 4.50. The normalized spacial score (nSPS) is 11.2. The fourth-order valence-electron chi connectivity index (χ4n) is 2.95. The van der Waals surface area contributed by atoms with Crippen LogP contribution in [-0.2, 0) is 12.8 Å². The highest BCUT2D eigenvalue weighted by molar-refractivity contribution is 6.09. The molecule has 0 aromatic heterocycles. The van der Waals surface area contributed by atoms with Crippen LogP contribution in [0.4, 0.5) is 0 Å². The van der Waals surface area contributed by atoms with Crippen LogP contribution < -0.4 is 0 Å². The lowest BCUT2D eigenvalue weighted by atomic mass is 9.92. The molecule has 90 valence electrons. The van der Waals surface area contributed by atoms with Gasteiger partial charge in [0.2, 0.25) is 0 Å². The summed E-state index contributed by atoms with van der Waals surface area (Å²) in [5.41, 5.74) is 3.01. The Kier molecular flexibility index (Phi) is 2.79. The van der Waals surface area contributed by atoms with Gasteiger partial charge >= 0.3 is 0 Å². The van der Waals surface area contributed by atoms with Gasteiger partial charge in [-0.05, 0) is 45.5 Å². The summed E-state index contributed by atoms with van der Waals surface area (Å²) >= 11 is 0. The van der Waals surface area contributed by atoms with Gasteiger partial charge in [0, 0.05) is 0 Å². The lowest BCUT2D eigenvalue weighted by Crippen LogP contribution is -1.93. The molecule has 0 heteroatoms. The van der Waals surface area contributed by atoms with Crippen LogP contribution >= 0.6 is 0 Å². The molecule has 3 rings (SSSR count). The van der Waals surface area contributed by atoms with Crippen LogP contribution in [0.1, 0.15) is 25.0 Å². The number of benzene rings is 3. The Hall–Kier alpha value is -1.82. The van der Waals surface area contributed by atoms with Gasteiger partial charge in [-0.15, -0.1) is 0 Å². The van der Waals surface area contributed by atoms with Crippen molar-refractivity contribution in [3.05, 3.63) is 59.7 Å². The molecule has 3 aromatic carbocycles. The molecule has 0 unspecified atom stereocenters. The summed E-state index contributed by atoms with van der Waals surface area (Å²) in [6, 6.07) is 17.7. The van der Waals surface area contributed by atoms with Crippen molar-refractivity contribution >= 4 is 21.5 Å². The molecule has 0 fully saturated rings. The molecule has 0 spiro atoms. The summed E-state index contributed by atoms with van der Waals surface area (Å²) in [6.07, 6.45) is 2.22. The van der Waals surface area contributed by atoms with Crippen LogP contribution in [0, 0.1) is 0 Å². The molecule has 0 atom stereocenters. The number of hydrogen-bond acceptors (Lipinski definition) is 0. The SMILES string of the molecule is CCc1ccc2ccc3ccccc3c2c1CC. The highest BCUT2D eigenvalue weighted by atomic mass is 14.1. The summed E-state index contributed by atoms with van der Waals surface area (Å²) in [5.74, 6) is 0. The number of fused-ring (bicyclic) bond motifs is 3. The van der Waals surface area contributed by atoms with Gasteiger partial charge in [0.05, 0.1) is 0 Å². The zero-order chi connectivity index (χ0) is 12.5. The van der Waals surface area contributed by atoms with Crippen molar-refractivity contribution < 1.29 is 0 Å². The van der Waals surface area contributed by atoms with Crippen LogP contribution in [0.2, 0.25) is 0 Å². The predicted molar refractivity (Wildman–Crippen MR) is 80.2 cm³/mol. The molecule has 0 saturated carbocycles. The smallest absolute Gasteiger partial charge is 0.00707 e. The number of rotatable bonds is 2. The predicted octanol–water partition coefficient (Wildman–Crippen LogP) is 5.12. The topological polar surface area (TPSA) is 0 Å². The van der Waals surface area contributed by atoms with E-state index in [2.05, 4.69) is 62.4 Å². The Balaban J connectivity index is 2.53. The minimum Gasteiger partial charge on any atom is -0.0616 e. The van der Waals surface area contributed by atoms with Crippen molar-refractivity contribution in [3.63, 3.8) is 0 Å². The maximum Gasteiger partial charge on any atom is -0.00707 e. The third-order valence-corrected chi connectivity index (χ3v) is 3.85. The molecule has 3 aromatic rings. The van der Waals surface area contributed by atoms with Crippen molar-refractivity contribution in [1.82, 2.24) is 0 Å². The zero-order valence-electron chi connectivity index (χ0n) is 11.0. The van der Waals surface area contributed by atoms with Crippen LogP contribution in [0.3, 0.4) is 0 Å². The highest BCUT2D eigenvalue weighted by Crippen LogP contribution is 2.30. The van der Waals surface area contributed by atoms with Gasteiger partial charge < -0.3 is 0 Å². The fraction of sp³-hybridized carbons (Fsp3) is 0.222. The van der Waals surface area contributed by atoms with Gasteiger partial charge in [-0.25, -0.2) is 0 Å². The summed E-state index contributed by atoms with van der Waals surface area (Å²) in [5, 5.41) is 5.55. The third kappa shape index (κ3) is 1.60. The molecule has 0 aliphatic carbocycles. The Labute approximate surface area is 108 Å². The molecule has 0 saturated heterocycles. The minimum atomic E-state index is 1.11. The molecule has 0 nitrogen and oxygen atoms in total. The first-order valence-corrected chi connectivity index (χ1v) is 6.77. The van der Waals surface area contributed by atoms with E-state index in [9.17, 15) is 0 Å². The minimum absolute atomic E-state index is 1.11. The molecule has 18 heavy (non-hydrogen) atoms. The van der Waals surface area contributed by atoms with E-state index < -0.39 is 0 Å². The van der Waals surface area contributed by atoms with Gasteiger partial charge in [0.25, 0.3) is 0 Å². The maximum absolute atomic E-state index is 2.29. The average molecular weight is 234 g/mol. The van der Waals surface area contributed by atoms with Crippen LogP contribution in [-0.4, -0.2) is 0 Å². The average Bonchev–Trinajstić information content (AvgIpc) is 2.45. The summed E-state index contributed by atoms with van der Waals surface area (Å²) in [7, 11) is 0. The van der Waals surface area contributed by atoms with Crippen LogP contribution in [0.5, 0.6) is 0 Å². The molecule has 0 amide bonds. The Morgan fingerprint density at radius 3 is 2.22 bits per heavy atom. The van der Waals surface area contributed by atoms with Crippen molar-refractivity contribution in [2.75, 3.05) is 0 Å². The molecular weight excluding hydrogens is 216 g/mol. The standard InChI is InChI=1S/C18H18/c1-3-13-9-11-15-12-10-14-7-5-6-8-17(14)18(15)16(13)4-2/h5-12H,3-4H2,1-2H3. The van der Waals surface area contributed by atoms with Crippen LogP contribution in [0.25, 0.3) is 21.5 Å². The van der Waals surface area contributed by atoms with Gasteiger partial charge in [-0.1, -0.05) is 62.4 Å². The fourth-order valence-corrected chi connectivity index (χ4v) is 2.95. The molecular formula is C18H18. The highest BCUT2D eigenvalue weighted by Gasteiger charge is 2.07. The van der Waals surface area contributed by atoms with Gasteiger partial charge in [0.1, 0.15) is 0 Å². The first kappa shape index (κ1) is 11.3. The van der Waals surface area contributed by atoms with Crippen molar-refractivity contribution in [1.29, 1.82) is 0 Å². The van der Waals surface area contributed by atoms with E-state index >= 15 is 0 Å². The Morgan fingerprint density at radius 1 is 0.722 bits per heavy atom. The Morgan fingerprint density at radius 2 is 1.44 bits per heavy atom. The largest absolute Gasteiger partial charge is 0.0616 e. The van der Waals surface area contributed by atoms with Gasteiger partial charge in [-0.2, -0.15) is 0 Å². The van der Waals surface area contributed by atoms with Crippen molar-refractivity contribution in [2.45, 2.75) is 26.7 Å². The van der Waals surface area contributed by atoms with E-state index in [0.29, 0.717) is 0 Å². The number of hydrogen-bond donors (Lipinski definition) is 0. The van der Waals surface area contributed by atoms with E-state index in [1.54, 1.807) is 0 Å². The van der Waals surface area contributed by atoms with E-state index in [1.807, 2.05) is 0 Å². The lowest BCUT2D eigenvalue weighted by Gasteiger charge is -2.12. The summed E-state index contributed by atoms with van der Waals surface area (Å²) < 4.78 is 0. The molecule has 0 heterocycles. The molecule has 0 aliphatic rings. The van der Waals surface area contributed by atoms with Gasteiger partial charge in [0.15, 0.2) is 0 Å². The zero-order valence-corrected chi connectivity index (χ0v) is 11.0. The number of aryl methyl sites for hydroxylation is 2. The summed E-state index contributed by atoms with van der Waals surface area (Å²) in [4.78, 5) is 0. The second-order valence-corrected chi connectivity index (χ2v) is 4.80. The molecule has 0 radical (unpaired) electrons. The lowest BCUT2D eigenvalue weighted by molar-refractivity contribution is 1.05. The van der Waals surface area contributed by atoms with Gasteiger partial charge in [-0.3, -0.25) is 0 Å². The van der Waals surface area contributed by atoms with E-state index in [1.165, 1.54) is 32.7 Å². The third-order valence-electron chi connectivity index (χ3n) is 3.85. The molecule has 0 N–H and O–H groups in total. The molecule has 0 aliphatic heterocycles. The van der Waals surface area contributed by atoms with E-state index in [4.69, 9.17) is 0 Å². The first-order valence-electron chi connectivity index (χ1n) is 6.77. The first-order chi connectivity index (χ1) is 8.85. The Bertz CT molecular complexity index is 708. The van der Waals surface area contributed by atoms with Crippen molar-refractivity contribution in [2.24, 2.45) is 0 Å². The quantitative estimate of drug-likeness (QED) is 0.540. The van der Waals surface area contributed by atoms with E-state index in [0.717, 1.165) is 12.8 Å². The van der Waals surface area contributed by atoms with Crippen molar-refractivity contribution in [3.8, 4) is 0 Å². The maximum atomic E-state index is 2.29. The monoisotopic (exact) mass is 234 g/mol. The van der Waals surface area contributed by atoms with Crippen LogP contribution in [0.15, 0.2) is 48.5 Å². The van der Waals surface area contributed by atoms with E-state index in [-0.39, 0.29) is 0 Å².